The van der Waals surface area contributed by atoms with Crippen LogP contribution in [0.5, 0.6) is 0 Å². The molecular weight excluding hydrogens is 158 g/mol. The van der Waals surface area contributed by atoms with Crippen LogP contribution in [0.4, 0.5) is 0 Å². The smallest absolute Gasteiger partial charge is 0.0795 e. The Morgan fingerprint density at radius 1 is 1.82 bits per heavy atom. The van der Waals surface area contributed by atoms with Gasteiger partial charge in [-0.3, -0.25) is 0 Å². The van der Waals surface area contributed by atoms with Crippen LogP contribution in [0.3, 0.4) is 0 Å². The number of hydrogen-bond donors (Lipinski definition) is 2. The molecule has 0 saturated heterocycles. The number of hydrogen-bond acceptors (Lipinski definition) is 4. The van der Waals surface area contributed by atoms with Crippen molar-refractivity contribution in [2.75, 3.05) is 13.1 Å². The summed E-state index contributed by atoms with van der Waals surface area (Å²) in [7, 11) is 0. The minimum Gasteiger partial charge on any atom is -0.329 e. The molecule has 0 radical (unpaired) electrons. The molecule has 1 aromatic rings. The van der Waals surface area contributed by atoms with Gasteiger partial charge in [0.15, 0.2) is 0 Å². The van der Waals surface area contributed by atoms with Crippen LogP contribution >= 0.6 is 11.3 Å². The monoisotopic (exact) mass is 171 g/mol. The maximum atomic E-state index is 5.35. The first-order chi connectivity index (χ1) is 5.34. The third-order valence-electron chi connectivity index (χ3n) is 1.49. The van der Waals surface area contributed by atoms with Gasteiger partial charge in [-0.2, -0.15) is 0 Å². The largest absolute Gasteiger partial charge is 0.329 e. The number of nitrogens with zero attached hydrogens (tertiary/aromatic N) is 1. The van der Waals surface area contributed by atoms with E-state index in [1.54, 1.807) is 11.3 Å². The zero-order valence-corrected chi connectivity index (χ0v) is 7.40. The van der Waals surface area contributed by atoms with E-state index < -0.39 is 0 Å². The van der Waals surface area contributed by atoms with E-state index in [0.717, 1.165) is 12.2 Å². The van der Waals surface area contributed by atoms with Crippen molar-refractivity contribution in [2.24, 2.45) is 5.73 Å². The minimum absolute atomic E-state index is 0.324. The molecule has 0 aromatic carbocycles. The second-order valence-electron chi connectivity index (χ2n) is 2.38. The van der Waals surface area contributed by atoms with Crippen LogP contribution in [0.1, 0.15) is 18.7 Å². The van der Waals surface area contributed by atoms with Crippen molar-refractivity contribution in [3.05, 3.63) is 16.6 Å². The third kappa shape index (κ3) is 2.57. The maximum Gasteiger partial charge on any atom is 0.0795 e. The molecule has 3 nitrogen and oxygen atoms in total. The Morgan fingerprint density at radius 3 is 3.18 bits per heavy atom. The van der Waals surface area contributed by atoms with Gasteiger partial charge >= 0.3 is 0 Å². The molecule has 0 aliphatic heterocycles. The molecule has 0 saturated carbocycles. The number of aromatic nitrogens is 1. The highest BCUT2D eigenvalue weighted by Gasteiger charge is 2.04. The lowest BCUT2D eigenvalue weighted by Gasteiger charge is -2.09. The molecule has 0 fully saturated rings. The van der Waals surface area contributed by atoms with Gasteiger partial charge in [0, 0.05) is 24.5 Å². The van der Waals surface area contributed by atoms with E-state index in [0.29, 0.717) is 12.6 Å². The fraction of sp³-hybridized carbons (Fsp3) is 0.571. The summed E-state index contributed by atoms with van der Waals surface area (Å²) in [6.45, 7) is 3.61. The van der Waals surface area contributed by atoms with Gasteiger partial charge < -0.3 is 11.1 Å². The Kier molecular flexibility index (Phi) is 3.48. The molecule has 0 bridgehead atoms. The molecule has 0 aliphatic rings. The second-order valence-corrected chi connectivity index (χ2v) is 3.10. The van der Waals surface area contributed by atoms with E-state index in [1.807, 2.05) is 10.9 Å². The Balaban J connectivity index is 2.36. The Morgan fingerprint density at radius 2 is 2.64 bits per heavy atom. The van der Waals surface area contributed by atoms with E-state index in [9.17, 15) is 0 Å². The Bertz CT molecular complexity index is 186. The average molecular weight is 171 g/mol. The highest BCUT2D eigenvalue weighted by atomic mass is 32.1. The van der Waals surface area contributed by atoms with Crippen LogP contribution in [0.15, 0.2) is 10.9 Å². The van der Waals surface area contributed by atoms with E-state index in [1.165, 1.54) is 0 Å². The summed E-state index contributed by atoms with van der Waals surface area (Å²) in [6, 6.07) is 0.324. The van der Waals surface area contributed by atoms with Crippen LogP contribution < -0.4 is 11.1 Å². The van der Waals surface area contributed by atoms with Gasteiger partial charge in [-0.15, -0.1) is 11.3 Å². The quantitative estimate of drug-likeness (QED) is 0.703. The number of nitrogens with two attached hydrogens (primary N) is 1. The molecule has 1 aromatic heterocycles. The van der Waals surface area contributed by atoms with Gasteiger partial charge in [0.2, 0.25) is 0 Å². The van der Waals surface area contributed by atoms with Gasteiger partial charge in [0.1, 0.15) is 0 Å². The first-order valence-electron chi connectivity index (χ1n) is 3.66. The molecule has 1 unspecified atom stereocenters. The maximum absolute atomic E-state index is 5.35. The average Bonchev–Trinajstić information content (AvgIpc) is 2.52. The lowest BCUT2D eigenvalue weighted by atomic mass is 10.2. The zero-order chi connectivity index (χ0) is 8.10. The van der Waals surface area contributed by atoms with Gasteiger partial charge in [0.05, 0.1) is 11.2 Å². The Labute approximate surface area is 70.6 Å². The topological polar surface area (TPSA) is 50.9 Å². The summed E-state index contributed by atoms with van der Waals surface area (Å²) < 4.78 is 0. The highest BCUT2D eigenvalue weighted by Crippen LogP contribution is 2.10. The van der Waals surface area contributed by atoms with Crippen molar-refractivity contribution in [3.63, 3.8) is 0 Å². The van der Waals surface area contributed by atoms with Crippen molar-refractivity contribution >= 4 is 11.3 Å². The minimum atomic E-state index is 0.324. The molecular formula is C7H13N3S. The highest BCUT2D eigenvalue weighted by molar-refractivity contribution is 7.07. The van der Waals surface area contributed by atoms with Gasteiger partial charge in [-0.1, -0.05) is 0 Å². The first kappa shape index (κ1) is 8.64. The molecule has 1 atom stereocenters. The van der Waals surface area contributed by atoms with Gasteiger partial charge in [-0.05, 0) is 6.92 Å². The van der Waals surface area contributed by atoms with Crippen LogP contribution in [0.2, 0.25) is 0 Å². The van der Waals surface area contributed by atoms with Crippen molar-refractivity contribution in [1.29, 1.82) is 0 Å². The predicted molar refractivity (Wildman–Crippen MR) is 47.6 cm³/mol. The second kappa shape index (κ2) is 4.43. The summed E-state index contributed by atoms with van der Waals surface area (Å²) in [5.74, 6) is 0. The molecule has 1 rings (SSSR count). The van der Waals surface area contributed by atoms with Crippen LogP contribution in [-0.2, 0) is 0 Å². The molecule has 0 spiro atoms. The van der Waals surface area contributed by atoms with Gasteiger partial charge in [-0.25, -0.2) is 4.98 Å². The van der Waals surface area contributed by atoms with Crippen molar-refractivity contribution < 1.29 is 0 Å². The van der Waals surface area contributed by atoms with Crippen LogP contribution in [0, 0.1) is 0 Å². The summed E-state index contributed by atoms with van der Waals surface area (Å²) in [5.41, 5.74) is 8.29. The van der Waals surface area contributed by atoms with E-state index >= 15 is 0 Å². The number of nitrogens with one attached hydrogen (secondary N) is 1. The van der Waals surface area contributed by atoms with Crippen LogP contribution in [0.25, 0.3) is 0 Å². The van der Waals surface area contributed by atoms with E-state index in [4.69, 9.17) is 5.73 Å². The fourth-order valence-electron chi connectivity index (χ4n) is 0.840. The van der Waals surface area contributed by atoms with E-state index in [-0.39, 0.29) is 0 Å². The Hall–Kier alpha value is -0.450. The van der Waals surface area contributed by atoms with Crippen LogP contribution in [-0.4, -0.2) is 18.1 Å². The summed E-state index contributed by atoms with van der Waals surface area (Å²) in [6.07, 6.45) is 0. The van der Waals surface area contributed by atoms with E-state index in [2.05, 4.69) is 17.2 Å². The molecule has 3 N–H and O–H groups in total. The zero-order valence-electron chi connectivity index (χ0n) is 6.58. The summed E-state index contributed by atoms with van der Waals surface area (Å²) in [5, 5.41) is 5.30. The third-order valence-corrected chi connectivity index (χ3v) is 2.09. The molecule has 1 heterocycles. The SMILES string of the molecule is CC(NCCN)c1cscn1. The lowest BCUT2D eigenvalue weighted by Crippen LogP contribution is -2.25. The molecule has 62 valence electrons. The number of rotatable bonds is 4. The fourth-order valence-corrected chi connectivity index (χ4v) is 1.49. The van der Waals surface area contributed by atoms with Crippen molar-refractivity contribution in [2.45, 2.75) is 13.0 Å². The molecule has 11 heavy (non-hydrogen) atoms. The first-order valence-corrected chi connectivity index (χ1v) is 4.60. The predicted octanol–water partition coefficient (Wildman–Crippen LogP) is 0.752. The number of thiazole rings is 1. The van der Waals surface area contributed by atoms with Gasteiger partial charge in [0.25, 0.3) is 0 Å². The molecule has 4 heteroatoms. The molecule has 0 aliphatic carbocycles. The van der Waals surface area contributed by atoms with Crippen molar-refractivity contribution in [3.8, 4) is 0 Å². The molecule has 0 amide bonds. The summed E-state index contributed by atoms with van der Waals surface area (Å²) in [4.78, 5) is 4.18. The van der Waals surface area contributed by atoms with Crippen molar-refractivity contribution in [1.82, 2.24) is 10.3 Å². The normalized spacial score (nSPS) is 13.3. The standard InChI is InChI=1S/C7H13N3S/c1-6(9-3-2-8)7-4-11-5-10-7/h4-6,9H,2-3,8H2,1H3. The lowest BCUT2D eigenvalue weighted by molar-refractivity contribution is 0.572. The summed E-state index contributed by atoms with van der Waals surface area (Å²) >= 11 is 1.62.